The highest BCUT2D eigenvalue weighted by Crippen LogP contribution is 2.10. The SMILES string of the molecule is CCNC(CCCOC)CCc1cccc(C)c1. The fourth-order valence-electron chi connectivity index (χ4n) is 2.32. The molecule has 0 spiro atoms. The van der Waals surface area contributed by atoms with Gasteiger partial charge in [0.15, 0.2) is 0 Å². The Morgan fingerprint density at radius 3 is 2.78 bits per heavy atom. The lowest BCUT2D eigenvalue weighted by molar-refractivity contribution is 0.188. The topological polar surface area (TPSA) is 21.3 Å². The van der Waals surface area contributed by atoms with E-state index in [0.717, 1.165) is 26.0 Å². The molecule has 0 aliphatic rings. The molecule has 0 bridgehead atoms. The van der Waals surface area contributed by atoms with E-state index in [-0.39, 0.29) is 0 Å². The van der Waals surface area contributed by atoms with Crippen LogP contribution in [0.4, 0.5) is 0 Å². The molecule has 2 nitrogen and oxygen atoms in total. The fraction of sp³-hybridized carbons (Fsp3) is 0.625. The first kappa shape index (κ1) is 15.2. The molecule has 0 amide bonds. The minimum absolute atomic E-state index is 0.616. The molecule has 1 rings (SSSR count). The average molecular weight is 249 g/mol. The number of hydrogen-bond acceptors (Lipinski definition) is 2. The first-order chi connectivity index (χ1) is 8.76. The molecule has 18 heavy (non-hydrogen) atoms. The van der Waals surface area contributed by atoms with Gasteiger partial charge in [0.05, 0.1) is 0 Å². The maximum atomic E-state index is 5.12. The largest absolute Gasteiger partial charge is 0.385 e. The highest BCUT2D eigenvalue weighted by Gasteiger charge is 2.07. The van der Waals surface area contributed by atoms with Crippen LogP contribution >= 0.6 is 0 Å². The lowest BCUT2D eigenvalue weighted by Gasteiger charge is -2.17. The fourth-order valence-corrected chi connectivity index (χ4v) is 2.32. The van der Waals surface area contributed by atoms with E-state index >= 15 is 0 Å². The summed E-state index contributed by atoms with van der Waals surface area (Å²) < 4.78 is 5.12. The number of ether oxygens (including phenoxy) is 1. The molecule has 0 radical (unpaired) electrons. The van der Waals surface area contributed by atoms with Gasteiger partial charge in [-0.25, -0.2) is 0 Å². The van der Waals surface area contributed by atoms with Crippen LogP contribution in [-0.2, 0) is 11.2 Å². The molecule has 2 heteroatoms. The zero-order valence-corrected chi connectivity index (χ0v) is 12.0. The van der Waals surface area contributed by atoms with Crippen LogP contribution in [0.25, 0.3) is 0 Å². The smallest absolute Gasteiger partial charge is 0.0462 e. The molecule has 0 aromatic heterocycles. The van der Waals surface area contributed by atoms with Crippen LogP contribution in [0.3, 0.4) is 0 Å². The molecule has 0 heterocycles. The first-order valence-electron chi connectivity index (χ1n) is 7.04. The molecule has 1 N–H and O–H groups in total. The molecule has 0 aliphatic carbocycles. The number of rotatable bonds is 9. The van der Waals surface area contributed by atoms with Crippen molar-refractivity contribution in [2.75, 3.05) is 20.3 Å². The van der Waals surface area contributed by atoms with Crippen molar-refractivity contribution in [3.63, 3.8) is 0 Å². The Hall–Kier alpha value is -0.860. The van der Waals surface area contributed by atoms with Crippen molar-refractivity contribution in [3.05, 3.63) is 35.4 Å². The van der Waals surface area contributed by atoms with Gasteiger partial charge >= 0.3 is 0 Å². The molecule has 1 aromatic rings. The van der Waals surface area contributed by atoms with E-state index in [2.05, 4.69) is 43.4 Å². The Morgan fingerprint density at radius 2 is 2.11 bits per heavy atom. The van der Waals surface area contributed by atoms with Crippen LogP contribution in [0, 0.1) is 6.92 Å². The van der Waals surface area contributed by atoms with E-state index < -0.39 is 0 Å². The number of methoxy groups -OCH3 is 1. The van der Waals surface area contributed by atoms with Gasteiger partial charge in [0.25, 0.3) is 0 Å². The summed E-state index contributed by atoms with van der Waals surface area (Å²) in [5.74, 6) is 0. The highest BCUT2D eigenvalue weighted by atomic mass is 16.5. The Bertz CT molecular complexity index is 325. The zero-order chi connectivity index (χ0) is 13.2. The van der Waals surface area contributed by atoms with Gasteiger partial charge < -0.3 is 10.1 Å². The molecule has 0 fully saturated rings. The van der Waals surface area contributed by atoms with Crippen LogP contribution in [0.2, 0.25) is 0 Å². The number of nitrogens with one attached hydrogen (secondary N) is 1. The quantitative estimate of drug-likeness (QED) is 0.678. The van der Waals surface area contributed by atoms with E-state index in [1.165, 1.54) is 24.0 Å². The molecule has 0 saturated carbocycles. The molecule has 1 aromatic carbocycles. The van der Waals surface area contributed by atoms with Crippen molar-refractivity contribution in [2.24, 2.45) is 0 Å². The summed E-state index contributed by atoms with van der Waals surface area (Å²) in [6, 6.07) is 9.44. The number of hydrogen-bond donors (Lipinski definition) is 1. The molecular formula is C16H27NO. The molecular weight excluding hydrogens is 222 g/mol. The molecule has 1 atom stereocenters. The van der Waals surface area contributed by atoms with E-state index in [4.69, 9.17) is 4.74 Å². The van der Waals surface area contributed by atoms with Crippen LogP contribution in [0.5, 0.6) is 0 Å². The van der Waals surface area contributed by atoms with Crippen LogP contribution < -0.4 is 5.32 Å². The minimum atomic E-state index is 0.616. The van der Waals surface area contributed by atoms with Gasteiger partial charge in [-0.1, -0.05) is 36.8 Å². The van der Waals surface area contributed by atoms with Crippen LogP contribution in [0.1, 0.15) is 37.3 Å². The summed E-state index contributed by atoms with van der Waals surface area (Å²) in [6.45, 7) is 6.25. The second kappa shape index (κ2) is 9.12. The predicted octanol–water partition coefficient (Wildman–Crippen LogP) is 3.33. The van der Waals surface area contributed by atoms with Gasteiger partial charge in [-0.05, 0) is 44.7 Å². The summed E-state index contributed by atoms with van der Waals surface area (Å²) in [5, 5.41) is 3.57. The lowest BCUT2D eigenvalue weighted by atomic mass is 10.0. The Morgan fingerprint density at radius 1 is 1.28 bits per heavy atom. The normalized spacial score (nSPS) is 12.6. The third-order valence-electron chi connectivity index (χ3n) is 3.26. The molecule has 0 saturated heterocycles. The van der Waals surface area contributed by atoms with E-state index in [1.54, 1.807) is 7.11 Å². The van der Waals surface area contributed by atoms with Gasteiger partial charge in [-0.15, -0.1) is 0 Å². The Kier molecular flexibility index (Phi) is 7.70. The summed E-state index contributed by atoms with van der Waals surface area (Å²) in [4.78, 5) is 0. The first-order valence-corrected chi connectivity index (χ1v) is 7.04. The highest BCUT2D eigenvalue weighted by molar-refractivity contribution is 5.22. The lowest BCUT2D eigenvalue weighted by Crippen LogP contribution is -2.29. The Balaban J connectivity index is 2.36. The summed E-state index contributed by atoms with van der Waals surface area (Å²) >= 11 is 0. The van der Waals surface area contributed by atoms with Gasteiger partial charge in [-0.2, -0.15) is 0 Å². The van der Waals surface area contributed by atoms with Gasteiger partial charge in [0.2, 0.25) is 0 Å². The van der Waals surface area contributed by atoms with E-state index in [1.807, 2.05) is 0 Å². The number of benzene rings is 1. The van der Waals surface area contributed by atoms with Crippen molar-refractivity contribution >= 4 is 0 Å². The monoisotopic (exact) mass is 249 g/mol. The van der Waals surface area contributed by atoms with Crippen molar-refractivity contribution in [2.45, 2.75) is 45.6 Å². The zero-order valence-electron chi connectivity index (χ0n) is 12.0. The van der Waals surface area contributed by atoms with Crippen molar-refractivity contribution < 1.29 is 4.74 Å². The van der Waals surface area contributed by atoms with E-state index in [0.29, 0.717) is 6.04 Å². The van der Waals surface area contributed by atoms with E-state index in [9.17, 15) is 0 Å². The summed E-state index contributed by atoms with van der Waals surface area (Å²) in [6.07, 6.45) is 4.71. The Labute approximate surface area is 112 Å². The van der Waals surface area contributed by atoms with Gasteiger partial charge in [0, 0.05) is 19.8 Å². The molecule has 1 unspecified atom stereocenters. The average Bonchev–Trinajstić information content (AvgIpc) is 2.36. The summed E-state index contributed by atoms with van der Waals surface area (Å²) in [5.41, 5.74) is 2.80. The van der Waals surface area contributed by atoms with Crippen molar-refractivity contribution in [3.8, 4) is 0 Å². The van der Waals surface area contributed by atoms with Crippen LogP contribution in [-0.4, -0.2) is 26.3 Å². The summed E-state index contributed by atoms with van der Waals surface area (Å²) in [7, 11) is 1.77. The third-order valence-corrected chi connectivity index (χ3v) is 3.26. The minimum Gasteiger partial charge on any atom is -0.385 e. The maximum Gasteiger partial charge on any atom is 0.0462 e. The van der Waals surface area contributed by atoms with Gasteiger partial charge in [0.1, 0.15) is 0 Å². The second-order valence-corrected chi connectivity index (χ2v) is 4.92. The standard InChI is InChI=1S/C16H27NO/c1-4-17-16(9-6-12-18-3)11-10-15-8-5-7-14(2)13-15/h5,7-8,13,16-17H,4,6,9-12H2,1-3H3. The third kappa shape index (κ3) is 6.18. The molecule has 0 aliphatic heterocycles. The second-order valence-electron chi connectivity index (χ2n) is 4.92. The van der Waals surface area contributed by atoms with Crippen molar-refractivity contribution in [1.82, 2.24) is 5.32 Å². The predicted molar refractivity (Wildman–Crippen MR) is 78.1 cm³/mol. The molecule has 102 valence electrons. The van der Waals surface area contributed by atoms with Gasteiger partial charge in [-0.3, -0.25) is 0 Å². The van der Waals surface area contributed by atoms with Crippen LogP contribution in [0.15, 0.2) is 24.3 Å². The van der Waals surface area contributed by atoms with Crippen molar-refractivity contribution in [1.29, 1.82) is 0 Å². The number of aryl methyl sites for hydroxylation is 2. The maximum absolute atomic E-state index is 5.12.